The van der Waals surface area contributed by atoms with E-state index in [1.54, 1.807) is 0 Å². The Balaban J connectivity index is 1.14. The van der Waals surface area contributed by atoms with Crippen LogP contribution in [0.4, 0.5) is 4.79 Å². The van der Waals surface area contributed by atoms with Gasteiger partial charge < -0.3 is 21.3 Å². The van der Waals surface area contributed by atoms with Crippen LogP contribution >= 0.6 is 0 Å². The van der Waals surface area contributed by atoms with E-state index in [9.17, 15) is 9.59 Å². The summed E-state index contributed by atoms with van der Waals surface area (Å²) >= 11 is 0. The van der Waals surface area contributed by atoms with Crippen LogP contribution in [-0.4, -0.2) is 43.7 Å². The van der Waals surface area contributed by atoms with Gasteiger partial charge in [0.05, 0.1) is 0 Å². The van der Waals surface area contributed by atoms with Crippen molar-refractivity contribution in [3.8, 4) is 0 Å². The van der Waals surface area contributed by atoms with E-state index in [1.807, 2.05) is 0 Å². The molecule has 4 bridgehead atoms. The van der Waals surface area contributed by atoms with Crippen molar-refractivity contribution >= 4 is 11.9 Å². The highest BCUT2D eigenvalue weighted by Crippen LogP contribution is 2.55. The average molecular weight is 363 g/mol. The highest BCUT2D eigenvalue weighted by atomic mass is 16.2. The third kappa shape index (κ3) is 4.33. The molecule has 1 saturated heterocycles. The van der Waals surface area contributed by atoms with Gasteiger partial charge in [-0.2, -0.15) is 0 Å². The zero-order valence-electron chi connectivity index (χ0n) is 15.8. The summed E-state index contributed by atoms with van der Waals surface area (Å²) in [7, 11) is 0. The summed E-state index contributed by atoms with van der Waals surface area (Å²) in [6.45, 7) is 3.23. The van der Waals surface area contributed by atoms with Crippen LogP contribution in [0.5, 0.6) is 0 Å². The lowest BCUT2D eigenvalue weighted by atomic mass is 9.53. The molecule has 0 radical (unpaired) electrons. The van der Waals surface area contributed by atoms with Crippen molar-refractivity contribution < 1.29 is 9.59 Å². The molecule has 1 atom stereocenters. The molecule has 0 aromatic heterocycles. The Morgan fingerprint density at radius 2 is 1.69 bits per heavy atom. The quantitative estimate of drug-likeness (QED) is 0.581. The van der Waals surface area contributed by atoms with Crippen LogP contribution in [0.25, 0.3) is 0 Å². The second-order valence-electron chi connectivity index (χ2n) is 9.35. The molecule has 1 unspecified atom stereocenters. The number of carbonyl (C=O) groups is 2. The van der Waals surface area contributed by atoms with Gasteiger partial charge >= 0.3 is 6.03 Å². The number of rotatable bonds is 6. The third-order valence-corrected chi connectivity index (χ3v) is 7.04. The van der Waals surface area contributed by atoms with E-state index in [4.69, 9.17) is 0 Å². The van der Waals surface area contributed by atoms with Crippen LogP contribution in [0.2, 0.25) is 0 Å². The normalized spacial score (nSPS) is 38.0. The summed E-state index contributed by atoms with van der Waals surface area (Å²) in [5, 5.41) is 12.6. The molecule has 5 fully saturated rings. The molecule has 6 nitrogen and oxygen atoms in total. The summed E-state index contributed by atoms with van der Waals surface area (Å²) in [4.78, 5) is 24.3. The number of nitrogens with one attached hydrogen (secondary N) is 4. The van der Waals surface area contributed by atoms with E-state index < -0.39 is 0 Å². The summed E-state index contributed by atoms with van der Waals surface area (Å²) in [5.74, 6) is 3.04. The molecular formula is C20H34N4O2. The monoisotopic (exact) mass is 362 g/mol. The van der Waals surface area contributed by atoms with Crippen molar-refractivity contribution in [2.45, 2.75) is 63.3 Å². The van der Waals surface area contributed by atoms with Crippen molar-refractivity contribution in [2.75, 3.05) is 26.2 Å². The predicted octanol–water partition coefficient (Wildman–Crippen LogP) is 1.76. The smallest absolute Gasteiger partial charge is 0.315 e. The van der Waals surface area contributed by atoms with Crippen molar-refractivity contribution in [2.24, 2.45) is 23.7 Å². The van der Waals surface area contributed by atoms with Crippen LogP contribution in [0.1, 0.15) is 57.8 Å². The molecular weight excluding hydrogens is 328 g/mol. The number of hydrogen-bond acceptors (Lipinski definition) is 3. The van der Waals surface area contributed by atoms with Crippen molar-refractivity contribution in [1.82, 2.24) is 21.3 Å². The largest absolute Gasteiger partial charge is 0.356 e. The van der Waals surface area contributed by atoms with Crippen molar-refractivity contribution in [3.63, 3.8) is 0 Å². The van der Waals surface area contributed by atoms with E-state index >= 15 is 0 Å². The van der Waals surface area contributed by atoms with Gasteiger partial charge in [-0.3, -0.25) is 4.79 Å². The van der Waals surface area contributed by atoms with E-state index in [1.165, 1.54) is 32.1 Å². The molecule has 3 amide bonds. The molecule has 146 valence electrons. The molecule has 5 aliphatic rings. The minimum Gasteiger partial charge on any atom is -0.356 e. The van der Waals surface area contributed by atoms with Crippen LogP contribution in [0, 0.1) is 23.7 Å². The van der Waals surface area contributed by atoms with Gasteiger partial charge in [-0.05, 0) is 88.1 Å². The maximum atomic E-state index is 12.4. The fourth-order valence-electron chi connectivity index (χ4n) is 6.28. The Kier molecular flexibility index (Phi) is 5.39. The number of urea groups is 1. The van der Waals surface area contributed by atoms with Crippen LogP contribution in [0.15, 0.2) is 0 Å². The topological polar surface area (TPSA) is 82.3 Å². The molecule has 4 aliphatic carbocycles. The zero-order valence-corrected chi connectivity index (χ0v) is 15.8. The average Bonchev–Trinajstić information content (AvgIpc) is 2.59. The molecule has 26 heavy (non-hydrogen) atoms. The second kappa shape index (κ2) is 7.75. The third-order valence-electron chi connectivity index (χ3n) is 7.04. The van der Waals surface area contributed by atoms with Crippen LogP contribution in [0.3, 0.4) is 0 Å². The highest BCUT2D eigenvalue weighted by Gasteiger charge is 2.51. The Morgan fingerprint density at radius 1 is 1.00 bits per heavy atom. The van der Waals surface area contributed by atoms with Gasteiger partial charge in [-0.1, -0.05) is 0 Å². The summed E-state index contributed by atoms with van der Waals surface area (Å²) < 4.78 is 0. The first-order chi connectivity index (χ1) is 12.6. The summed E-state index contributed by atoms with van der Waals surface area (Å²) in [6.07, 6.45) is 10.3. The minimum atomic E-state index is -0.0868. The standard InChI is InChI=1S/C20H34N4O2/c25-18(23-13-14-2-1-4-21-12-14)3-5-22-19(26)24-20-9-15-6-16(10-20)8-17(7-15)11-20/h14-17,21H,1-13H2,(H,23,25)(H2,22,24,26). The lowest BCUT2D eigenvalue weighted by Crippen LogP contribution is -2.61. The van der Waals surface area contributed by atoms with Crippen molar-refractivity contribution in [1.29, 1.82) is 0 Å². The van der Waals surface area contributed by atoms with E-state index in [-0.39, 0.29) is 17.5 Å². The van der Waals surface area contributed by atoms with Crippen molar-refractivity contribution in [3.05, 3.63) is 0 Å². The number of piperidine rings is 1. The molecule has 0 aromatic carbocycles. The number of amides is 3. The molecule has 6 heteroatoms. The van der Waals surface area contributed by atoms with Gasteiger partial charge in [0.25, 0.3) is 0 Å². The maximum Gasteiger partial charge on any atom is 0.315 e. The molecule has 1 heterocycles. The Morgan fingerprint density at radius 3 is 2.31 bits per heavy atom. The van der Waals surface area contributed by atoms with Gasteiger partial charge in [0, 0.05) is 25.0 Å². The minimum absolute atomic E-state index is 0.0330. The predicted molar refractivity (Wildman–Crippen MR) is 101 cm³/mol. The van der Waals surface area contributed by atoms with Gasteiger partial charge in [-0.15, -0.1) is 0 Å². The van der Waals surface area contributed by atoms with Gasteiger partial charge in [0.15, 0.2) is 0 Å². The molecule has 1 aliphatic heterocycles. The summed E-state index contributed by atoms with van der Waals surface area (Å²) in [5.41, 5.74) is 0.0368. The SMILES string of the molecule is O=C(CCNC(=O)NC12CC3CC(CC(C3)C1)C2)NCC1CCCNC1. The highest BCUT2D eigenvalue weighted by molar-refractivity contribution is 5.78. The Hall–Kier alpha value is -1.30. The molecule has 0 aromatic rings. The zero-order chi connectivity index (χ0) is 18.0. The molecule has 4 saturated carbocycles. The molecule has 4 N–H and O–H groups in total. The lowest BCUT2D eigenvalue weighted by Gasteiger charge is -2.56. The van der Waals surface area contributed by atoms with Crippen LogP contribution in [-0.2, 0) is 4.79 Å². The van der Waals surface area contributed by atoms with Gasteiger partial charge in [-0.25, -0.2) is 4.79 Å². The number of hydrogen-bond donors (Lipinski definition) is 4. The second-order valence-corrected chi connectivity index (χ2v) is 9.35. The first-order valence-electron chi connectivity index (χ1n) is 10.6. The molecule has 5 rings (SSSR count). The van der Waals surface area contributed by atoms with E-state index in [2.05, 4.69) is 21.3 Å². The van der Waals surface area contributed by atoms with E-state index in [0.717, 1.165) is 56.7 Å². The fourth-order valence-corrected chi connectivity index (χ4v) is 6.28. The Bertz CT molecular complexity index is 495. The van der Waals surface area contributed by atoms with Crippen LogP contribution < -0.4 is 21.3 Å². The van der Waals surface area contributed by atoms with E-state index in [0.29, 0.717) is 18.9 Å². The van der Waals surface area contributed by atoms with Gasteiger partial charge in [0.1, 0.15) is 0 Å². The molecule has 0 spiro atoms. The summed E-state index contributed by atoms with van der Waals surface area (Å²) in [6, 6.07) is -0.0868. The van der Waals surface area contributed by atoms with Gasteiger partial charge in [0.2, 0.25) is 5.91 Å². The lowest BCUT2D eigenvalue weighted by molar-refractivity contribution is -0.121. The Labute approximate surface area is 156 Å². The number of carbonyl (C=O) groups excluding carboxylic acids is 2. The maximum absolute atomic E-state index is 12.4. The first kappa shape index (κ1) is 18.1. The fraction of sp³-hybridized carbons (Fsp3) is 0.900. The first-order valence-corrected chi connectivity index (χ1v) is 10.6.